The molecule has 0 radical (unpaired) electrons. The fourth-order valence-electron chi connectivity index (χ4n) is 0.978. The van der Waals surface area contributed by atoms with Gasteiger partial charge in [-0.15, -0.1) is 0 Å². The summed E-state index contributed by atoms with van der Waals surface area (Å²) in [6.45, 7) is 0.548. The van der Waals surface area contributed by atoms with Crippen LogP contribution in [0.4, 0.5) is 0 Å². The molecule has 0 aromatic carbocycles. The van der Waals surface area contributed by atoms with E-state index in [1.165, 1.54) is 6.20 Å². The molecule has 6 heteroatoms. The second kappa shape index (κ2) is 5.95. The summed E-state index contributed by atoms with van der Waals surface area (Å²) in [4.78, 5) is 3.87. The Balaban J connectivity index is 2.48. The average Bonchev–Trinajstić information content (AvgIpc) is 2.25. The highest BCUT2D eigenvalue weighted by Crippen LogP contribution is 1.96. The van der Waals surface area contributed by atoms with Crippen LogP contribution in [0.2, 0.25) is 0 Å². The van der Waals surface area contributed by atoms with E-state index in [0.29, 0.717) is 6.54 Å². The van der Waals surface area contributed by atoms with Gasteiger partial charge in [0, 0.05) is 30.6 Å². The molecular formula is C9H12BN3O2. The lowest BCUT2D eigenvalue weighted by molar-refractivity contribution is 0.421. The molecule has 1 rings (SSSR count). The Bertz CT molecular complexity index is 340. The molecule has 5 nitrogen and oxygen atoms in total. The standard InChI is InChI=1S/C9H12BN3O2/c11-5-9(10(14)15)7-13-6-8-1-3-12-4-2-8/h1-5,7,11,13-15H,6H2/b9-7+,11-5?. The van der Waals surface area contributed by atoms with Crippen LogP contribution in [-0.4, -0.2) is 28.4 Å². The van der Waals surface area contributed by atoms with Crippen molar-refractivity contribution in [1.29, 1.82) is 5.41 Å². The van der Waals surface area contributed by atoms with E-state index < -0.39 is 7.12 Å². The van der Waals surface area contributed by atoms with Crippen molar-refractivity contribution in [3.63, 3.8) is 0 Å². The number of hydrogen-bond donors (Lipinski definition) is 4. The van der Waals surface area contributed by atoms with Crippen LogP contribution in [0.1, 0.15) is 5.56 Å². The van der Waals surface area contributed by atoms with E-state index in [-0.39, 0.29) is 5.47 Å². The van der Waals surface area contributed by atoms with E-state index in [1.54, 1.807) is 12.4 Å². The van der Waals surface area contributed by atoms with Crippen molar-refractivity contribution in [2.45, 2.75) is 6.54 Å². The Morgan fingerprint density at radius 2 is 2.13 bits per heavy atom. The van der Waals surface area contributed by atoms with Crippen LogP contribution in [-0.2, 0) is 6.54 Å². The van der Waals surface area contributed by atoms with Crippen LogP contribution in [0.5, 0.6) is 0 Å². The lowest BCUT2D eigenvalue weighted by atomic mass is 9.81. The van der Waals surface area contributed by atoms with Gasteiger partial charge in [0.1, 0.15) is 0 Å². The molecule has 1 aromatic heterocycles. The highest BCUT2D eigenvalue weighted by Gasteiger charge is 2.11. The number of rotatable bonds is 5. The molecule has 0 aliphatic rings. The molecule has 0 atom stereocenters. The van der Waals surface area contributed by atoms with Gasteiger partial charge >= 0.3 is 7.12 Å². The van der Waals surface area contributed by atoms with Crippen molar-refractivity contribution >= 4 is 13.3 Å². The Morgan fingerprint density at radius 1 is 1.47 bits per heavy atom. The number of nitrogens with one attached hydrogen (secondary N) is 2. The first-order valence-corrected chi connectivity index (χ1v) is 4.43. The summed E-state index contributed by atoms with van der Waals surface area (Å²) < 4.78 is 0. The number of aromatic nitrogens is 1. The minimum atomic E-state index is -1.62. The molecule has 0 aliphatic carbocycles. The van der Waals surface area contributed by atoms with Crippen LogP contribution < -0.4 is 5.32 Å². The zero-order valence-corrected chi connectivity index (χ0v) is 8.09. The van der Waals surface area contributed by atoms with E-state index in [0.717, 1.165) is 11.8 Å². The first-order valence-electron chi connectivity index (χ1n) is 4.43. The summed E-state index contributed by atoms with van der Waals surface area (Å²) >= 11 is 0. The molecule has 0 saturated heterocycles. The molecule has 0 aliphatic heterocycles. The fraction of sp³-hybridized carbons (Fsp3) is 0.111. The van der Waals surface area contributed by atoms with Gasteiger partial charge in [-0.25, -0.2) is 0 Å². The summed E-state index contributed by atoms with van der Waals surface area (Å²) in [5.74, 6) is 0. The monoisotopic (exact) mass is 205 g/mol. The maximum atomic E-state index is 8.80. The van der Waals surface area contributed by atoms with E-state index >= 15 is 0 Å². The third kappa shape index (κ3) is 3.93. The third-order valence-corrected chi connectivity index (χ3v) is 1.79. The highest BCUT2D eigenvalue weighted by molar-refractivity contribution is 6.56. The molecule has 0 spiro atoms. The maximum absolute atomic E-state index is 8.80. The fourth-order valence-corrected chi connectivity index (χ4v) is 0.978. The third-order valence-electron chi connectivity index (χ3n) is 1.79. The van der Waals surface area contributed by atoms with Crippen molar-refractivity contribution in [2.75, 3.05) is 0 Å². The normalized spacial score (nSPS) is 10.9. The van der Waals surface area contributed by atoms with Gasteiger partial charge in [0.05, 0.1) is 0 Å². The van der Waals surface area contributed by atoms with Crippen molar-refractivity contribution < 1.29 is 10.0 Å². The molecule has 0 unspecified atom stereocenters. The summed E-state index contributed by atoms with van der Waals surface area (Å²) in [5, 5.41) is 27.4. The van der Waals surface area contributed by atoms with E-state index in [9.17, 15) is 0 Å². The Kier molecular flexibility index (Phi) is 4.53. The van der Waals surface area contributed by atoms with Gasteiger partial charge < -0.3 is 20.8 Å². The number of hydrogen-bond acceptors (Lipinski definition) is 5. The molecule has 4 N–H and O–H groups in total. The van der Waals surface area contributed by atoms with Crippen LogP contribution in [0.25, 0.3) is 0 Å². The lowest BCUT2D eigenvalue weighted by Crippen LogP contribution is -2.19. The molecule has 0 saturated carbocycles. The van der Waals surface area contributed by atoms with Gasteiger partial charge in [0.2, 0.25) is 0 Å². The Hall–Kier alpha value is -1.66. The molecule has 0 fully saturated rings. The molecule has 0 bridgehead atoms. The van der Waals surface area contributed by atoms with Gasteiger partial charge in [0.25, 0.3) is 0 Å². The first-order chi connectivity index (χ1) is 7.24. The molecule has 1 heterocycles. The van der Waals surface area contributed by atoms with Gasteiger partial charge in [-0.2, -0.15) is 0 Å². The van der Waals surface area contributed by atoms with Crippen LogP contribution >= 0.6 is 0 Å². The van der Waals surface area contributed by atoms with Crippen LogP contribution in [0, 0.1) is 5.41 Å². The SMILES string of the molecule is N=C/C(=C\NCc1ccncc1)B(O)O. The van der Waals surface area contributed by atoms with Crippen LogP contribution in [0.15, 0.2) is 36.2 Å². The summed E-state index contributed by atoms with van der Waals surface area (Å²) in [5.41, 5.74) is 1.14. The van der Waals surface area contributed by atoms with Gasteiger partial charge in [-0.05, 0) is 23.9 Å². The zero-order chi connectivity index (χ0) is 11.1. The van der Waals surface area contributed by atoms with E-state index in [2.05, 4.69) is 10.3 Å². The average molecular weight is 205 g/mol. The van der Waals surface area contributed by atoms with Gasteiger partial charge in [-0.1, -0.05) is 0 Å². The van der Waals surface area contributed by atoms with E-state index in [1.807, 2.05) is 12.1 Å². The quantitative estimate of drug-likeness (QED) is 0.393. The lowest BCUT2D eigenvalue weighted by Gasteiger charge is -2.03. The summed E-state index contributed by atoms with van der Waals surface area (Å²) in [6.07, 6.45) is 5.65. The van der Waals surface area contributed by atoms with E-state index in [4.69, 9.17) is 15.5 Å². The molecule has 15 heavy (non-hydrogen) atoms. The molecule has 0 amide bonds. The Morgan fingerprint density at radius 3 is 2.67 bits per heavy atom. The summed E-state index contributed by atoms with van der Waals surface area (Å²) in [6, 6.07) is 3.70. The second-order valence-electron chi connectivity index (χ2n) is 2.90. The second-order valence-corrected chi connectivity index (χ2v) is 2.90. The number of allylic oxidation sites excluding steroid dienone is 1. The topological polar surface area (TPSA) is 89.2 Å². The maximum Gasteiger partial charge on any atom is 0.491 e. The van der Waals surface area contributed by atoms with Crippen molar-refractivity contribution in [1.82, 2.24) is 10.3 Å². The molecular weight excluding hydrogens is 193 g/mol. The van der Waals surface area contributed by atoms with Gasteiger partial charge in [0.15, 0.2) is 0 Å². The zero-order valence-electron chi connectivity index (χ0n) is 8.09. The molecule has 78 valence electrons. The number of nitrogens with zero attached hydrogens (tertiary/aromatic N) is 1. The largest absolute Gasteiger partial charge is 0.491 e. The summed E-state index contributed by atoms with van der Waals surface area (Å²) in [7, 11) is -1.62. The molecule has 1 aromatic rings. The highest BCUT2D eigenvalue weighted by atomic mass is 16.4. The van der Waals surface area contributed by atoms with Crippen molar-refractivity contribution in [3.8, 4) is 0 Å². The predicted octanol–water partition coefficient (Wildman–Crippen LogP) is -0.283. The smallest absolute Gasteiger partial charge is 0.423 e. The van der Waals surface area contributed by atoms with Crippen LogP contribution in [0.3, 0.4) is 0 Å². The van der Waals surface area contributed by atoms with Crippen molar-refractivity contribution in [3.05, 3.63) is 41.8 Å². The number of pyridine rings is 1. The minimum absolute atomic E-state index is 0.115. The minimum Gasteiger partial charge on any atom is -0.423 e. The first kappa shape index (κ1) is 11.4. The predicted molar refractivity (Wildman–Crippen MR) is 58.1 cm³/mol. The Labute approximate surface area is 88.1 Å². The van der Waals surface area contributed by atoms with Crippen molar-refractivity contribution in [2.24, 2.45) is 0 Å². The van der Waals surface area contributed by atoms with Gasteiger partial charge in [-0.3, -0.25) is 4.98 Å².